The van der Waals surface area contributed by atoms with Crippen molar-refractivity contribution in [2.45, 2.75) is 12.8 Å². The van der Waals surface area contributed by atoms with Crippen LogP contribution in [0, 0.1) is 0 Å². The third-order valence-electron chi connectivity index (χ3n) is 3.27. The van der Waals surface area contributed by atoms with E-state index in [0.29, 0.717) is 0 Å². The summed E-state index contributed by atoms with van der Waals surface area (Å²) in [5.41, 5.74) is 4.24. The van der Waals surface area contributed by atoms with Gasteiger partial charge in [0.05, 0.1) is 0 Å². The molecule has 10 heteroatoms. The van der Waals surface area contributed by atoms with Crippen molar-refractivity contribution in [3.05, 3.63) is 24.3 Å². The van der Waals surface area contributed by atoms with E-state index in [2.05, 4.69) is 10.9 Å². The Balaban J connectivity index is 1.64. The van der Waals surface area contributed by atoms with Crippen molar-refractivity contribution < 1.29 is 28.8 Å². The summed E-state index contributed by atoms with van der Waals surface area (Å²) in [5, 5.41) is 0. The van der Waals surface area contributed by atoms with Crippen LogP contribution in [0.5, 0.6) is 0 Å². The zero-order valence-electron chi connectivity index (χ0n) is 12.5. The minimum Gasteiger partial charge on any atom is -0.275 e. The van der Waals surface area contributed by atoms with E-state index in [9.17, 15) is 28.8 Å². The van der Waals surface area contributed by atoms with Gasteiger partial charge >= 0.3 is 0 Å². The molecule has 0 atom stereocenters. The number of rotatable bonds is 6. The van der Waals surface area contributed by atoms with Crippen LogP contribution in [0.3, 0.4) is 0 Å². The summed E-state index contributed by atoms with van der Waals surface area (Å²) in [6.07, 6.45) is 4.09. The standard InChI is InChI=1S/C14H14N4O6/c19-9(5-7-17-11(21)1-2-12(17)22)15-16-10(20)6-8-18-13(23)3-4-14(18)24/h1-4H,5-8H2,(H,15,19)(H,16,20). The molecule has 0 aliphatic carbocycles. The maximum Gasteiger partial charge on any atom is 0.253 e. The first-order chi connectivity index (χ1) is 11.4. The van der Waals surface area contributed by atoms with E-state index < -0.39 is 35.4 Å². The zero-order valence-corrected chi connectivity index (χ0v) is 12.5. The number of carbonyl (C=O) groups is 6. The van der Waals surface area contributed by atoms with E-state index in [1.807, 2.05) is 0 Å². The summed E-state index contributed by atoms with van der Waals surface area (Å²) in [6, 6.07) is 0. The number of amides is 6. The molecule has 2 rings (SSSR count). The first-order valence-electron chi connectivity index (χ1n) is 7.03. The molecule has 126 valence electrons. The Morgan fingerprint density at radius 3 is 1.25 bits per heavy atom. The van der Waals surface area contributed by atoms with Crippen LogP contribution in [0.4, 0.5) is 0 Å². The number of carbonyl (C=O) groups excluding carboxylic acids is 6. The van der Waals surface area contributed by atoms with E-state index in [0.717, 1.165) is 34.1 Å². The van der Waals surface area contributed by atoms with Crippen LogP contribution in [-0.4, -0.2) is 58.3 Å². The van der Waals surface area contributed by atoms with Crippen molar-refractivity contribution in [2.24, 2.45) is 0 Å². The Labute approximate surface area is 136 Å². The lowest BCUT2D eigenvalue weighted by Gasteiger charge is -2.15. The van der Waals surface area contributed by atoms with Gasteiger partial charge in [-0.2, -0.15) is 0 Å². The minimum absolute atomic E-state index is 0.102. The molecule has 0 radical (unpaired) electrons. The summed E-state index contributed by atoms with van der Waals surface area (Å²) in [7, 11) is 0. The predicted octanol–water partition coefficient (Wildman–Crippen LogP) is -2.24. The summed E-state index contributed by atoms with van der Waals surface area (Å²) >= 11 is 0. The molecule has 0 bridgehead atoms. The molecule has 0 saturated heterocycles. The molecule has 0 spiro atoms. The Bertz CT molecular complexity index is 587. The summed E-state index contributed by atoms with van der Waals surface area (Å²) in [6.45, 7) is -0.205. The first kappa shape index (κ1) is 17.1. The fraction of sp³-hybridized carbons (Fsp3) is 0.286. The molecule has 6 amide bonds. The molecule has 24 heavy (non-hydrogen) atoms. The molecule has 0 aromatic carbocycles. The molecule has 2 aliphatic rings. The van der Waals surface area contributed by atoms with Crippen molar-refractivity contribution in [1.29, 1.82) is 0 Å². The lowest BCUT2D eigenvalue weighted by atomic mass is 10.3. The third kappa shape index (κ3) is 4.12. The zero-order chi connectivity index (χ0) is 17.7. The van der Waals surface area contributed by atoms with Crippen molar-refractivity contribution >= 4 is 35.4 Å². The van der Waals surface area contributed by atoms with Crippen molar-refractivity contribution in [2.75, 3.05) is 13.1 Å². The molecule has 0 saturated carbocycles. The second kappa shape index (κ2) is 7.31. The van der Waals surface area contributed by atoms with Crippen LogP contribution >= 0.6 is 0 Å². The Hall–Kier alpha value is -3.30. The maximum absolute atomic E-state index is 11.6. The topological polar surface area (TPSA) is 133 Å². The van der Waals surface area contributed by atoms with Crippen LogP contribution in [0.2, 0.25) is 0 Å². The highest BCUT2D eigenvalue weighted by Crippen LogP contribution is 2.04. The monoisotopic (exact) mass is 334 g/mol. The van der Waals surface area contributed by atoms with Gasteiger partial charge < -0.3 is 0 Å². The highest BCUT2D eigenvalue weighted by molar-refractivity contribution is 6.13. The normalized spacial score (nSPS) is 16.3. The molecule has 2 N–H and O–H groups in total. The maximum atomic E-state index is 11.6. The van der Waals surface area contributed by atoms with Gasteiger partial charge in [0.1, 0.15) is 0 Å². The van der Waals surface area contributed by atoms with Gasteiger partial charge in [-0.15, -0.1) is 0 Å². The first-order valence-corrected chi connectivity index (χ1v) is 7.03. The Morgan fingerprint density at radius 2 is 0.958 bits per heavy atom. The van der Waals surface area contributed by atoms with Gasteiger partial charge in [0.25, 0.3) is 23.6 Å². The molecular weight excluding hydrogens is 320 g/mol. The highest BCUT2D eigenvalue weighted by atomic mass is 16.2. The number of hydrazine groups is 1. The van der Waals surface area contributed by atoms with Gasteiger partial charge in [-0.25, -0.2) is 0 Å². The SMILES string of the molecule is O=C(CCN1C(=O)C=CC1=O)NNC(=O)CCN1C(=O)C=CC1=O. The quantitative estimate of drug-likeness (QED) is 0.417. The van der Waals surface area contributed by atoms with E-state index in [-0.39, 0.29) is 25.9 Å². The largest absolute Gasteiger partial charge is 0.275 e. The lowest BCUT2D eigenvalue weighted by molar-refractivity contribution is -0.139. The second-order valence-electron chi connectivity index (χ2n) is 4.92. The summed E-state index contributed by atoms with van der Waals surface area (Å²) in [4.78, 5) is 70.0. The van der Waals surface area contributed by atoms with E-state index in [1.54, 1.807) is 0 Å². The third-order valence-corrected chi connectivity index (χ3v) is 3.27. The number of imide groups is 2. The van der Waals surface area contributed by atoms with Gasteiger partial charge in [0, 0.05) is 50.2 Å². The van der Waals surface area contributed by atoms with Crippen molar-refractivity contribution in [3.8, 4) is 0 Å². The van der Waals surface area contributed by atoms with Crippen molar-refractivity contribution in [3.63, 3.8) is 0 Å². The van der Waals surface area contributed by atoms with Gasteiger partial charge in [0.2, 0.25) is 11.8 Å². The number of nitrogens with zero attached hydrogens (tertiary/aromatic N) is 2. The van der Waals surface area contributed by atoms with Crippen LogP contribution in [0.25, 0.3) is 0 Å². The number of hydrogen-bond donors (Lipinski definition) is 2. The Kier molecular flexibility index (Phi) is 5.20. The highest BCUT2D eigenvalue weighted by Gasteiger charge is 2.24. The van der Waals surface area contributed by atoms with Gasteiger partial charge in [0.15, 0.2) is 0 Å². The molecule has 0 unspecified atom stereocenters. The summed E-state index contributed by atoms with van der Waals surface area (Å²) < 4.78 is 0. The Morgan fingerprint density at radius 1 is 0.667 bits per heavy atom. The molecular formula is C14H14N4O6. The van der Waals surface area contributed by atoms with E-state index in [1.165, 1.54) is 0 Å². The van der Waals surface area contributed by atoms with Crippen LogP contribution in [0.15, 0.2) is 24.3 Å². The number of hydrogen-bond acceptors (Lipinski definition) is 6. The predicted molar refractivity (Wildman–Crippen MR) is 77.2 cm³/mol. The van der Waals surface area contributed by atoms with Gasteiger partial charge in [-0.05, 0) is 0 Å². The molecule has 2 aliphatic heterocycles. The van der Waals surface area contributed by atoms with Gasteiger partial charge in [-0.3, -0.25) is 49.4 Å². The summed E-state index contributed by atoms with van der Waals surface area (Å²) in [5.74, 6) is -3.16. The molecule has 0 fully saturated rings. The molecule has 0 aromatic heterocycles. The lowest BCUT2D eigenvalue weighted by Crippen LogP contribution is -2.44. The van der Waals surface area contributed by atoms with E-state index in [4.69, 9.17) is 0 Å². The van der Waals surface area contributed by atoms with E-state index >= 15 is 0 Å². The van der Waals surface area contributed by atoms with Crippen LogP contribution in [-0.2, 0) is 28.8 Å². The van der Waals surface area contributed by atoms with Crippen molar-refractivity contribution in [1.82, 2.24) is 20.7 Å². The minimum atomic E-state index is -0.592. The molecule has 0 aromatic rings. The van der Waals surface area contributed by atoms with Crippen LogP contribution in [0.1, 0.15) is 12.8 Å². The average molecular weight is 334 g/mol. The van der Waals surface area contributed by atoms with Gasteiger partial charge in [-0.1, -0.05) is 0 Å². The molecule has 2 heterocycles. The fourth-order valence-electron chi connectivity index (χ4n) is 1.99. The fourth-order valence-corrected chi connectivity index (χ4v) is 1.99. The number of nitrogens with one attached hydrogen (secondary N) is 2. The second-order valence-corrected chi connectivity index (χ2v) is 4.92. The van der Waals surface area contributed by atoms with Crippen LogP contribution < -0.4 is 10.9 Å². The molecule has 10 nitrogen and oxygen atoms in total. The average Bonchev–Trinajstić information content (AvgIpc) is 3.03. The smallest absolute Gasteiger partial charge is 0.253 e.